The van der Waals surface area contributed by atoms with Crippen LogP contribution in [0.1, 0.15) is 37.0 Å². The predicted octanol–water partition coefficient (Wildman–Crippen LogP) is 4.32. The summed E-state index contributed by atoms with van der Waals surface area (Å²) in [6, 6.07) is 22.9. The van der Waals surface area contributed by atoms with Gasteiger partial charge < -0.3 is 15.0 Å². The van der Waals surface area contributed by atoms with Crippen molar-refractivity contribution in [3.05, 3.63) is 95.6 Å². The molecule has 3 rings (SSSR count). The van der Waals surface area contributed by atoms with Crippen molar-refractivity contribution in [1.29, 1.82) is 0 Å². The van der Waals surface area contributed by atoms with Crippen LogP contribution in [-0.4, -0.2) is 57.1 Å². The maximum absolute atomic E-state index is 14.1. The first-order chi connectivity index (χ1) is 19.0. The van der Waals surface area contributed by atoms with E-state index in [9.17, 15) is 18.0 Å². The maximum atomic E-state index is 14.1. The summed E-state index contributed by atoms with van der Waals surface area (Å²) in [5.74, 6) is -0.472. The van der Waals surface area contributed by atoms with Gasteiger partial charge in [-0.2, -0.15) is 0 Å². The van der Waals surface area contributed by atoms with Gasteiger partial charge in [-0.05, 0) is 43.5 Å². The molecule has 8 nitrogen and oxygen atoms in total. The van der Waals surface area contributed by atoms with Crippen molar-refractivity contribution in [2.24, 2.45) is 0 Å². The Morgan fingerprint density at radius 1 is 0.925 bits per heavy atom. The number of aryl methyl sites for hydroxylation is 1. The fourth-order valence-corrected chi connectivity index (χ4v) is 5.17. The van der Waals surface area contributed by atoms with Gasteiger partial charge in [-0.25, -0.2) is 8.42 Å². The summed E-state index contributed by atoms with van der Waals surface area (Å²) in [4.78, 5) is 29.3. The molecular formula is C31H39N3O5S. The molecule has 0 spiro atoms. The van der Waals surface area contributed by atoms with Crippen LogP contribution in [0.2, 0.25) is 0 Å². The predicted molar refractivity (Wildman–Crippen MR) is 159 cm³/mol. The van der Waals surface area contributed by atoms with Crippen molar-refractivity contribution in [2.45, 2.75) is 52.2 Å². The SMILES string of the molecule is CC[C@@H](C)NC(=O)[C@@H](Cc1ccccc1)N(Cc1ccc(C)cc1)C(=O)CN(c1ccccc1OC)S(C)(=O)=O. The van der Waals surface area contributed by atoms with Crippen molar-refractivity contribution in [1.82, 2.24) is 10.2 Å². The number of nitrogens with one attached hydrogen (secondary N) is 1. The van der Waals surface area contributed by atoms with Crippen molar-refractivity contribution >= 4 is 27.5 Å². The number of para-hydroxylation sites is 2. The summed E-state index contributed by atoms with van der Waals surface area (Å²) in [7, 11) is -2.44. The van der Waals surface area contributed by atoms with Gasteiger partial charge in [-0.15, -0.1) is 0 Å². The Morgan fingerprint density at radius 3 is 2.15 bits per heavy atom. The van der Waals surface area contributed by atoms with E-state index in [2.05, 4.69) is 5.32 Å². The van der Waals surface area contributed by atoms with Crippen LogP contribution >= 0.6 is 0 Å². The molecule has 214 valence electrons. The first-order valence-corrected chi connectivity index (χ1v) is 15.2. The molecule has 3 aromatic carbocycles. The normalized spacial score (nSPS) is 12.7. The minimum Gasteiger partial charge on any atom is -0.495 e. The minimum atomic E-state index is -3.88. The molecule has 0 heterocycles. The molecule has 1 N–H and O–H groups in total. The Kier molecular flexibility index (Phi) is 10.7. The number of carbonyl (C=O) groups is 2. The van der Waals surface area contributed by atoms with Crippen LogP contribution in [0.25, 0.3) is 0 Å². The number of hydrogen-bond donors (Lipinski definition) is 1. The Labute approximate surface area is 238 Å². The molecule has 3 aromatic rings. The number of hydrogen-bond acceptors (Lipinski definition) is 5. The highest BCUT2D eigenvalue weighted by Gasteiger charge is 2.34. The van der Waals surface area contributed by atoms with E-state index in [0.717, 1.165) is 33.7 Å². The highest BCUT2D eigenvalue weighted by atomic mass is 32.2. The molecular weight excluding hydrogens is 526 g/mol. The molecule has 0 aliphatic carbocycles. The monoisotopic (exact) mass is 565 g/mol. The van der Waals surface area contributed by atoms with E-state index < -0.39 is 28.5 Å². The van der Waals surface area contributed by atoms with Gasteiger partial charge in [0.25, 0.3) is 0 Å². The topological polar surface area (TPSA) is 96.0 Å². The number of nitrogens with zero attached hydrogens (tertiary/aromatic N) is 2. The van der Waals surface area contributed by atoms with E-state index in [-0.39, 0.29) is 30.6 Å². The highest BCUT2D eigenvalue weighted by molar-refractivity contribution is 7.92. The lowest BCUT2D eigenvalue weighted by Crippen LogP contribution is -2.54. The quantitative estimate of drug-likeness (QED) is 0.333. The van der Waals surface area contributed by atoms with Crippen molar-refractivity contribution < 1.29 is 22.7 Å². The number of ether oxygens (including phenoxy) is 1. The molecule has 2 atom stereocenters. The lowest BCUT2D eigenvalue weighted by molar-refractivity contribution is -0.140. The zero-order valence-corrected chi connectivity index (χ0v) is 24.6. The number of amides is 2. The lowest BCUT2D eigenvalue weighted by Gasteiger charge is -2.34. The maximum Gasteiger partial charge on any atom is 0.244 e. The fourth-order valence-electron chi connectivity index (χ4n) is 4.32. The molecule has 40 heavy (non-hydrogen) atoms. The molecule has 0 aromatic heterocycles. The summed E-state index contributed by atoms with van der Waals surface area (Å²) in [5, 5.41) is 3.03. The molecule has 2 amide bonds. The Morgan fingerprint density at radius 2 is 1.55 bits per heavy atom. The smallest absolute Gasteiger partial charge is 0.244 e. The molecule has 9 heteroatoms. The van der Waals surface area contributed by atoms with Crippen LogP contribution in [0.5, 0.6) is 5.75 Å². The van der Waals surface area contributed by atoms with Crippen LogP contribution < -0.4 is 14.4 Å². The van der Waals surface area contributed by atoms with E-state index in [1.807, 2.05) is 75.4 Å². The molecule has 0 bridgehead atoms. The Hall–Kier alpha value is -3.85. The number of benzene rings is 3. The summed E-state index contributed by atoms with van der Waals surface area (Å²) in [6.45, 7) is 5.50. The van der Waals surface area contributed by atoms with Crippen LogP contribution in [0.3, 0.4) is 0 Å². The molecule has 0 aliphatic rings. The first kappa shape index (κ1) is 30.7. The summed E-state index contributed by atoms with van der Waals surface area (Å²) in [5.41, 5.74) is 3.03. The van der Waals surface area contributed by atoms with Gasteiger partial charge in [0.05, 0.1) is 19.1 Å². The number of rotatable bonds is 13. The third-order valence-corrected chi connectivity index (χ3v) is 7.91. The van der Waals surface area contributed by atoms with E-state index in [0.29, 0.717) is 5.75 Å². The second-order valence-corrected chi connectivity index (χ2v) is 11.9. The minimum absolute atomic E-state index is 0.0943. The number of sulfonamides is 1. The Balaban J connectivity index is 2.07. The lowest BCUT2D eigenvalue weighted by atomic mass is 10.0. The third-order valence-electron chi connectivity index (χ3n) is 6.78. The standard InChI is InChI=1S/C31H39N3O5S/c1-6-24(3)32-31(36)28(20-25-12-8-7-9-13-25)33(21-26-18-16-23(2)17-19-26)30(35)22-34(40(5,37)38)27-14-10-11-15-29(27)39-4/h7-19,24,28H,6,20-22H2,1-5H3,(H,32,36)/t24-,28-/m1/s1. The molecule has 0 aliphatic heterocycles. The van der Waals surface area contributed by atoms with Gasteiger partial charge in [-0.1, -0.05) is 79.2 Å². The van der Waals surface area contributed by atoms with Crippen molar-refractivity contribution in [3.8, 4) is 5.75 Å². The van der Waals surface area contributed by atoms with Crippen LogP contribution in [0, 0.1) is 6.92 Å². The highest BCUT2D eigenvalue weighted by Crippen LogP contribution is 2.30. The van der Waals surface area contributed by atoms with E-state index in [4.69, 9.17) is 4.74 Å². The van der Waals surface area contributed by atoms with Gasteiger partial charge in [0, 0.05) is 19.0 Å². The van der Waals surface area contributed by atoms with Crippen LogP contribution in [-0.2, 0) is 32.6 Å². The average Bonchev–Trinajstić information content (AvgIpc) is 2.94. The van der Waals surface area contributed by atoms with E-state index in [1.54, 1.807) is 24.3 Å². The molecule has 0 fully saturated rings. The van der Waals surface area contributed by atoms with Crippen LogP contribution in [0.15, 0.2) is 78.9 Å². The molecule has 0 unspecified atom stereocenters. The number of carbonyl (C=O) groups excluding carboxylic acids is 2. The first-order valence-electron chi connectivity index (χ1n) is 13.3. The summed E-state index contributed by atoms with van der Waals surface area (Å²) < 4.78 is 32.3. The third kappa shape index (κ3) is 8.32. The Bertz CT molecular complexity index is 1380. The zero-order chi connectivity index (χ0) is 29.3. The van der Waals surface area contributed by atoms with Gasteiger partial charge in [-0.3, -0.25) is 13.9 Å². The van der Waals surface area contributed by atoms with Gasteiger partial charge in [0.2, 0.25) is 21.8 Å². The largest absolute Gasteiger partial charge is 0.495 e. The van der Waals surface area contributed by atoms with Crippen molar-refractivity contribution in [3.63, 3.8) is 0 Å². The number of methoxy groups -OCH3 is 1. The number of anilines is 1. The van der Waals surface area contributed by atoms with Crippen LogP contribution in [0.4, 0.5) is 5.69 Å². The van der Waals surface area contributed by atoms with Gasteiger partial charge >= 0.3 is 0 Å². The zero-order valence-electron chi connectivity index (χ0n) is 23.8. The van der Waals surface area contributed by atoms with Crippen molar-refractivity contribution in [2.75, 3.05) is 24.2 Å². The molecule has 0 saturated carbocycles. The van der Waals surface area contributed by atoms with E-state index >= 15 is 0 Å². The van der Waals surface area contributed by atoms with Gasteiger partial charge in [0.1, 0.15) is 18.3 Å². The average molecular weight is 566 g/mol. The summed E-state index contributed by atoms with van der Waals surface area (Å²) in [6.07, 6.45) is 2.05. The van der Waals surface area contributed by atoms with Gasteiger partial charge in [0.15, 0.2) is 0 Å². The second kappa shape index (κ2) is 14.0. The van der Waals surface area contributed by atoms with E-state index in [1.165, 1.54) is 12.0 Å². The molecule has 0 radical (unpaired) electrons. The second-order valence-electron chi connectivity index (χ2n) is 9.97. The summed E-state index contributed by atoms with van der Waals surface area (Å²) >= 11 is 0. The fraction of sp³-hybridized carbons (Fsp3) is 0.355. The molecule has 0 saturated heterocycles.